The van der Waals surface area contributed by atoms with Gasteiger partial charge >= 0.3 is 0 Å². The Morgan fingerprint density at radius 2 is 2.14 bits per heavy atom. The molecule has 0 heterocycles. The van der Waals surface area contributed by atoms with E-state index in [1.54, 1.807) is 13.2 Å². The van der Waals surface area contributed by atoms with Gasteiger partial charge < -0.3 is 4.74 Å². The molecular formula is C16H12N2O3. The highest BCUT2D eigenvalue weighted by Gasteiger charge is 2.30. The van der Waals surface area contributed by atoms with Crippen LogP contribution < -0.4 is 4.74 Å². The van der Waals surface area contributed by atoms with Crippen LogP contribution in [-0.4, -0.2) is 12.0 Å². The first kappa shape index (κ1) is 13.1. The summed E-state index contributed by atoms with van der Waals surface area (Å²) in [4.78, 5) is 10.8. The van der Waals surface area contributed by atoms with E-state index in [1.165, 1.54) is 6.07 Å². The molecule has 21 heavy (non-hydrogen) atoms. The fourth-order valence-electron chi connectivity index (χ4n) is 2.84. The third-order valence-corrected chi connectivity index (χ3v) is 3.84. The zero-order chi connectivity index (χ0) is 15.0. The molecule has 5 nitrogen and oxygen atoms in total. The summed E-state index contributed by atoms with van der Waals surface area (Å²) in [5.41, 5.74) is 3.23. The molecule has 3 rings (SSSR count). The third kappa shape index (κ3) is 2.01. The largest absolute Gasteiger partial charge is 0.497 e. The summed E-state index contributed by atoms with van der Waals surface area (Å²) in [5, 5.41) is 20.6. The first-order chi connectivity index (χ1) is 10.2. The lowest BCUT2D eigenvalue weighted by Gasteiger charge is -2.23. The minimum atomic E-state index is -0.390. The Balaban J connectivity index is 2.30. The lowest BCUT2D eigenvalue weighted by molar-refractivity contribution is -0.385. The number of nitrogens with zero attached hydrogens (tertiary/aromatic N) is 2. The van der Waals surface area contributed by atoms with E-state index in [0.29, 0.717) is 17.7 Å². The van der Waals surface area contributed by atoms with Gasteiger partial charge in [-0.3, -0.25) is 10.1 Å². The summed E-state index contributed by atoms with van der Waals surface area (Å²) in [6, 6.07) is 12.8. The van der Waals surface area contributed by atoms with Crippen molar-refractivity contribution in [3.8, 4) is 22.9 Å². The molecule has 0 N–H and O–H groups in total. The van der Waals surface area contributed by atoms with Crippen molar-refractivity contribution in [1.82, 2.24) is 0 Å². The normalized spacial score (nSPS) is 15.5. The van der Waals surface area contributed by atoms with Crippen molar-refractivity contribution in [3.05, 3.63) is 57.6 Å². The van der Waals surface area contributed by atoms with Crippen molar-refractivity contribution >= 4 is 5.69 Å². The molecule has 0 amide bonds. The number of methoxy groups -OCH3 is 1. The second kappa shape index (κ2) is 4.91. The minimum absolute atomic E-state index is 0.0706. The molecule has 5 heteroatoms. The average molecular weight is 280 g/mol. The Morgan fingerprint density at radius 1 is 1.33 bits per heavy atom. The van der Waals surface area contributed by atoms with Gasteiger partial charge in [0.05, 0.1) is 24.0 Å². The molecule has 0 aliphatic heterocycles. The molecule has 1 aliphatic rings. The highest BCUT2D eigenvalue weighted by atomic mass is 16.6. The number of hydrogen-bond donors (Lipinski definition) is 0. The van der Waals surface area contributed by atoms with Crippen LogP contribution in [0.25, 0.3) is 11.1 Å². The number of benzene rings is 2. The fourth-order valence-corrected chi connectivity index (χ4v) is 2.84. The van der Waals surface area contributed by atoms with Crippen molar-refractivity contribution in [3.63, 3.8) is 0 Å². The highest BCUT2D eigenvalue weighted by Crippen LogP contribution is 2.43. The number of fused-ring (bicyclic) bond motifs is 3. The van der Waals surface area contributed by atoms with Crippen LogP contribution in [0.3, 0.4) is 0 Å². The van der Waals surface area contributed by atoms with Crippen LogP contribution in [0.15, 0.2) is 36.4 Å². The van der Waals surface area contributed by atoms with Crippen molar-refractivity contribution in [2.24, 2.45) is 0 Å². The molecule has 2 aromatic rings. The number of ether oxygens (including phenoxy) is 1. The number of rotatable bonds is 2. The summed E-state index contributed by atoms with van der Waals surface area (Å²) in [7, 11) is 1.57. The molecule has 0 saturated heterocycles. The second-order valence-electron chi connectivity index (χ2n) is 4.90. The number of nitro benzene ring substituents is 1. The minimum Gasteiger partial charge on any atom is -0.497 e. The van der Waals surface area contributed by atoms with Gasteiger partial charge in [0, 0.05) is 11.6 Å². The topological polar surface area (TPSA) is 76.2 Å². The fraction of sp³-hybridized carbons (Fsp3) is 0.188. The number of nitriles is 1. The van der Waals surface area contributed by atoms with Gasteiger partial charge in [-0.05, 0) is 35.2 Å². The molecule has 104 valence electrons. The van der Waals surface area contributed by atoms with E-state index in [-0.39, 0.29) is 11.6 Å². The van der Waals surface area contributed by atoms with Crippen molar-refractivity contribution in [1.29, 1.82) is 5.26 Å². The molecule has 0 spiro atoms. The van der Waals surface area contributed by atoms with Crippen LogP contribution in [-0.2, 0) is 6.42 Å². The van der Waals surface area contributed by atoms with Crippen LogP contribution in [0.1, 0.15) is 17.0 Å². The van der Waals surface area contributed by atoms with Gasteiger partial charge in [0.2, 0.25) is 0 Å². The predicted octanol–water partition coefficient (Wildman–Crippen LogP) is 3.43. The van der Waals surface area contributed by atoms with E-state index < -0.39 is 4.92 Å². The van der Waals surface area contributed by atoms with Gasteiger partial charge in [-0.1, -0.05) is 18.2 Å². The maximum atomic E-state index is 11.2. The van der Waals surface area contributed by atoms with Crippen LogP contribution >= 0.6 is 0 Å². The Kier molecular flexibility index (Phi) is 3.07. The molecule has 0 unspecified atom stereocenters. The summed E-state index contributed by atoms with van der Waals surface area (Å²) in [6.07, 6.45) is 0.363. The van der Waals surface area contributed by atoms with Gasteiger partial charge in [-0.2, -0.15) is 5.26 Å². The molecule has 2 aromatic carbocycles. The third-order valence-electron chi connectivity index (χ3n) is 3.84. The molecule has 0 aromatic heterocycles. The Bertz CT molecular complexity index is 778. The zero-order valence-corrected chi connectivity index (χ0v) is 11.4. The molecule has 0 saturated carbocycles. The van der Waals surface area contributed by atoms with Crippen LogP contribution in [0.5, 0.6) is 5.75 Å². The quantitative estimate of drug-likeness (QED) is 0.623. The summed E-state index contributed by atoms with van der Waals surface area (Å²) >= 11 is 0. The Hall–Kier alpha value is -2.87. The summed E-state index contributed by atoms with van der Waals surface area (Å²) in [6.45, 7) is 0. The molecular weight excluding hydrogens is 268 g/mol. The Morgan fingerprint density at radius 3 is 2.81 bits per heavy atom. The SMILES string of the molecule is COc1ccc2c(c1)-c1cccc([N+](=O)[O-])c1C[C@@H]2C#N. The van der Waals surface area contributed by atoms with Gasteiger partial charge in [0.25, 0.3) is 5.69 Å². The predicted molar refractivity (Wildman–Crippen MR) is 77.1 cm³/mol. The molecule has 1 atom stereocenters. The van der Waals surface area contributed by atoms with E-state index in [2.05, 4.69) is 6.07 Å². The maximum absolute atomic E-state index is 11.2. The summed E-state index contributed by atoms with van der Waals surface area (Å²) < 4.78 is 5.23. The van der Waals surface area contributed by atoms with Crippen LogP contribution in [0.4, 0.5) is 5.69 Å². The molecule has 0 radical (unpaired) electrons. The zero-order valence-electron chi connectivity index (χ0n) is 11.4. The van der Waals surface area contributed by atoms with Crippen molar-refractivity contribution in [2.45, 2.75) is 12.3 Å². The van der Waals surface area contributed by atoms with Gasteiger partial charge in [0.1, 0.15) is 5.75 Å². The van der Waals surface area contributed by atoms with Gasteiger partial charge in [0.15, 0.2) is 0 Å². The number of hydrogen-bond acceptors (Lipinski definition) is 4. The van der Waals surface area contributed by atoms with Gasteiger partial charge in [-0.25, -0.2) is 0 Å². The lowest BCUT2D eigenvalue weighted by Crippen LogP contribution is -2.12. The van der Waals surface area contributed by atoms with Gasteiger partial charge in [-0.15, -0.1) is 0 Å². The first-order valence-electron chi connectivity index (χ1n) is 6.50. The van der Waals surface area contributed by atoms with Crippen LogP contribution in [0, 0.1) is 21.4 Å². The maximum Gasteiger partial charge on any atom is 0.273 e. The monoisotopic (exact) mass is 280 g/mol. The average Bonchev–Trinajstić information content (AvgIpc) is 2.52. The van der Waals surface area contributed by atoms with Crippen molar-refractivity contribution in [2.75, 3.05) is 7.11 Å². The van der Waals surface area contributed by atoms with E-state index in [0.717, 1.165) is 16.7 Å². The van der Waals surface area contributed by atoms with E-state index in [9.17, 15) is 15.4 Å². The van der Waals surface area contributed by atoms with E-state index in [1.807, 2.05) is 24.3 Å². The first-order valence-corrected chi connectivity index (χ1v) is 6.50. The number of nitro groups is 1. The molecule has 0 bridgehead atoms. The van der Waals surface area contributed by atoms with Crippen LogP contribution in [0.2, 0.25) is 0 Å². The molecule has 1 aliphatic carbocycles. The lowest BCUT2D eigenvalue weighted by atomic mass is 9.78. The standard InChI is InChI=1S/C16H12N2O3/c1-21-11-5-6-12-10(9-17)7-15-13(14(12)8-11)3-2-4-16(15)18(19)20/h2-6,8,10H,7H2,1H3/t10-/m1/s1. The van der Waals surface area contributed by atoms with E-state index in [4.69, 9.17) is 4.74 Å². The highest BCUT2D eigenvalue weighted by molar-refractivity contribution is 5.79. The van der Waals surface area contributed by atoms with E-state index >= 15 is 0 Å². The summed E-state index contributed by atoms with van der Waals surface area (Å²) in [5.74, 6) is 0.296. The molecule has 0 fully saturated rings. The second-order valence-corrected chi connectivity index (χ2v) is 4.90. The Labute approximate surface area is 121 Å². The van der Waals surface area contributed by atoms with Crippen molar-refractivity contribution < 1.29 is 9.66 Å². The smallest absolute Gasteiger partial charge is 0.273 e.